The van der Waals surface area contributed by atoms with E-state index in [-0.39, 0.29) is 23.5 Å². The number of H-pyrrole nitrogens is 1. The molecule has 6 nitrogen and oxygen atoms in total. The Balaban J connectivity index is 1.11. The van der Waals surface area contributed by atoms with Gasteiger partial charge in [-0.2, -0.15) is 0 Å². The van der Waals surface area contributed by atoms with Crippen molar-refractivity contribution in [1.82, 2.24) is 20.2 Å². The standard InChI is InChI=1S/C28H25FN4O2S/c29-22-7-8-24-23(16-22)21(17-31-24)10-13-30-27(35)25-18-36-28(32-25)20-11-14-33(15-12-20)26(34)9-6-19-4-2-1-3-5-19/h1-5,7-8,16-18,20,31H,10-15H2,(H,30,35). The van der Waals surface area contributed by atoms with Crippen LogP contribution in [0.2, 0.25) is 0 Å². The third-order valence-corrected chi connectivity index (χ3v) is 7.39. The summed E-state index contributed by atoms with van der Waals surface area (Å²) >= 11 is 1.49. The van der Waals surface area contributed by atoms with E-state index in [1.54, 1.807) is 16.3 Å². The fourth-order valence-corrected chi connectivity index (χ4v) is 5.37. The van der Waals surface area contributed by atoms with Crippen LogP contribution < -0.4 is 5.32 Å². The van der Waals surface area contributed by atoms with E-state index in [9.17, 15) is 14.0 Å². The first-order valence-electron chi connectivity index (χ1n) is 11.9. The average Bonchev–Trinajstić information content (AvgIpc) is 3.56. The van der Waals surface area contributed by atoms with E-state index in [0.29, 0.717) is 31.7 Å². The van der Waals surface area contributed by atoms with Crippen LogP contribution in [0.3, 0.4) is 0 Å². The Hall–Kier alpha value is -3.96. The lowest BCUT2D eigenvalue weighted by Gasteiger charge is -2.29. The molecule has 8 heteroatoms. The molecule has 0 atom stereocenters. The Morgan fingerprint density at radius 1 is 1.17 bits per heavy atom. The fraction of sp³-hybridized carbons (Fsp3) is 0.250. The molecule has 1 aliphatic heterocycles. The van der Waals surface area contributed by atoms with Gasteiger partial charge in [-0.1, -0.05) is 24.1 Å². The number of halogens is 1. The number of amides is 2. The number of carbonyl (C=O) groups excluding carboxylic acids is 2. The van der Waals surface area contributed by atoms with Crippen LogP contribution in [0.1, 0.15) is 45.4 Å². The minimum absolute atomic E-state index is 0.158. The molecule has 2 aromatic carbocycles. The molecule has 0 radical (unpaired) electrons. The van der Waals surface area contributed by atoms with Crippen LogP contribution in [0.25, 0.3) is 10.9 Å². The van der Waals surface area contributed by atoms with Gasteiger partial charge in [0.15, 0.2) is 0 Å². The number of hydrogen-bond donors (Lipinski definition) is 2. The zero-order chi connectivity index (χ0) is 24.9. The van der Waals surface area contributed by atoms with Crippen LogP contribution >= 0.6 is 11.3 Å². The summed E-state index contributed by atoms with van der Waals surface area (Å²) in [6.07, 6.45) is 4.03. The van der Waals surface area contributed by atoms with Crippen LogP contribution in [0.4, 0.5) is 4.39 Å². The van der Waals surface area contributed by atoms with Gasteiger partial charge < -0.3 is 15.2 Å². The lowest BCUT2D eigenvalue weighted by atomic mass is 9.97. The highest BCUT2D eigenvalue weighted by Crippen LogP contribution is 2.30. The molecule has 2 aromatic heterocycles. The molecular formula is C28H25FN4O2S. The normalized spacial score (nSPS) is 13.9. The van der Waals surface area contributed by atoms with Crippen LogP contribution in [-0.4, -0.2) is 46.3 Å². The quantitative estimate of drug-likeness (QED) is 0.396. The van der Waals surface area contributed by atoms with Crippen molar-refractivity contribution in [3.63, 3.8) is 0 Å². The van der Waals surface area contributed by atoms with Crippen molar-refractivity contribution in [2.24, 2.45) is 0 Å². The number of likely N-dealkylation sites (tertiary alicyclic amines) is 1. The van der Waals surface area contributed by atoms with Crippen molar-refractivity contribution in [2.45, 2.75) is 25.2 Å². The molecule has 1 saturated heterocycles. The summed E-state index contributed by atoms with van der Waals surface area (Å²) in [4.78, 5) is 34.5. The van der Waals surface area contributed by atoms with Gasteiger partial charge in [-0.3, -0.25) is 9.59 Å². The van der Waals surface area contributed by atoms with Crippen LogP contribution in [-0.2, 0) is 11.2 Å². The maximum absolute atomic E-state index is 13.6. The number of aromatic amines is 1. The number of rotatable bonds is 5. The molecule has 0 unspecified atom stereocenters. The number of piperidine rings is 1. The van der Waals surface area contributed by atoms with Gasteiger partial charge in [-0.25, -0.2) is 9.37 Å². The van der Waals surface area contributed by atoms with Gasteiger partial charge in [0, 0.05) is 59.5 Å². The van der Waals surface area contributed by atoms with E-state index in [0.717, 1.165) is 39.9 Å². The summed E-state index contributed by atoms with van der Waals surface area (Å²) < 4.78 is 13.6. The number of carbonyl (C=O) groups is 2. The smallest absolute Gasteiger partial charge is 0.298 e. The molecule has 0 aliphatic carbocycles. The lowest BCUT2D eigenvalue weighted by molar-refractivity contribution is -0.126. The average molecular weight is 501 g/mol. The van der Waals surface area contributed by atoms with Crippen molar-refractivity contribution < 1.29 is 14.0 Å². The fourth-order valence-electron chi connectivity index (χ4n) is 4.39. The first kappa shape index (κ1) is 23.8. The van der Waals surface area contributed by atoms with E-state index in [1.165, 1.54) is 23.5 Å². The summed E-state index contributed by atoms with van der Waals surface area (Å²) in [5.41, 5.74) is 3.06. The molecule has 4 aromatic rings. The Bertz CT molecular complexity index is 1440. The van der Waals surface area contributed by atoms with Gasteiger partial charge in [0.1, 0.15) is 11.5 Å². The highest BCUT2D eigenvalue weighted by Gasteiger charge is 2.25. The lowest BCUT2D eigenvalue weighted by Crippen LogP contribution is -2.37. The number of nitrogens with one attached hydrogen (secondary N) is 2. The van der Waals surface area contributed by atoms with E-state index in [4.69, 9.17) is 0 Å². The van der Waals surface area contributed by atoms with Gasteiger partial charge in [-0.05, 0) is 55.2 Å². The minimum atomic E-state index is -0.280. The van der Waals surface area contributed by atoms with Crippen molar-refractivity contribution in [1.29, 1.82) is 0 Å². The van der Waals surface area contributed by atoms with Crippen LogP contribution in [0.15, 0.2) is 60.1 Å². The molecule has 182 valence electrons. The minimum Gasteiger partial charge on any atom is -0.361 e. The Kier molecular flexibility index (Phi) is 7.10. The van der Waals surface area contributed by atoms with Gasteiger partial charge in [0.05, 0.1) is 5.01 Å². The molecule has 5 rings (SSSR count). The van der Waals surface area contributed by atoms with E-state index in [2.05, 4.69) is 27.1 Å². The summed E-state index contributed by atoms with van der Waals surface area (Å²) in [5, 5.41) is 6.45. The second-order valence-electron chi connectivity index (χ2n) is 8.76. The largest absolute Gasteiger partial charge is 0.361 e. The molecular weight excluding hydrogens is 475 g/mol. The van der Waals surface area contributed by atoms with Gasteiger partial charge in [0.25, 0.3) is 11.8 Å². The second-order valence-corrected chi connectivity index (χ2v) is 9.65. The first-order chi connectivity index (χ1) is 17.6. The first-order valence-corrected chi connectivity index (χ1v) is 12.8. The number of hydrogen-bond acceptors (Lipinski definition) is 4. The zero-order valence-electron chi connectivity index (χ0n) is 19.6. The molecule has 0 bridgehead atoms. The monoisotopic (exact) mass is 500 g/mol. The van der Waals surface area contributed by atoms with Crippen molar-refractivity contribution >= 4 is 34.1 Å². The number of aromatic nitrogens is 2. The third kappa shape index (κ3) is 5.47. The molecule has 2 amide bonds. The van der Waals surface area contributed by atoms with Gasteiger partial charge >= 0.3 is 0 Å². The number of benzene rings is 2. The molecule has 1 aliphatic rings. The molecule has 0 saturated carbocycles. The number of fused-ring (bicyclic) bond motifs is 1. The van der Waals surface area contributed by atoms with E-state index >= 15 is 0 Å². The molecule has 0 spiro atoms. The summed E-state index contributed by atoms with van der Waals surface area (Å²) in [6.45, 7) is 1.68. The maximum Gasteiger partial charge on any atom is 0.298 e. The predicted octanol–water partition coefficient (Wildman–Crippen LogP) is 4.49. The summed E-state index contributed by atoms with van der Waals surface area (Å²) in [5.74, 6) is 5.23. The zero-order valence-corrected chi connectivity index (χ0v) is 20.4. The number of nitrogens with zero attached hydrogens (tertiary/aromatic N) is 2. The van der Waals surface area contributed by atoms with Gasteiger partial charge in [-0.15, -0.1) is 11.3 Å². The number of thiazole rings is 1. The maximum atomic E-state index is 13.6. The van der Waals surface area contributed by atoms with E-state index in [1.807, 2.05) is 36.5 Å². The van der Waals surface area contributed by atoms with Gasteiger partial charge in [0.2, 0.25) is 0 Å². The Morgan fingerprint density at radius 3 is 2.78 bits per heavy atom. The third-order valence-electron chi connectivity index (χ3n) is 6.38. The molecule has 2 N–H and O–H groups in total. The van der Waals surface area contributed by atoms with Crippen molar-refractivity contribution in [2.75, 3.05) is 19.6 Å². The van der Waals surface area contributed by atoms with Crippen molar-refractivity contribution in [3.05, 3.63) is 87.8 Å². The SMILES string of the molecule is O=C(NCCc1c[nH]c2ccc(F)cc12)c1csc(C2CCN(C(=O)C#Cc3ccccc3)CC2)n1. The molecule has 3 heterocycles. The van der Waals surface area contributed by atoms with Crippen LogP contribution in [0.5, 0.6) is 0 Å². The van der Waals surface area contributed by atoms with Crippen molar-refractivity contribution in [3.8, 4) is 11.8 Å². The Morgan fingerprint density at radius 2 is 1.97 bits per heavy atom. The highest BCUT2D eigenvalue weighted by molar-refractivity contribution is 7.09. The summed E-state index contributed by atoms with van der Waals surface area (Å²) in [7, 11) is 0. The second kappa shape index (κ2) is 10.8. The molecule has 1 fully saturated rings. The van der Waals surface area contributed by atoms with E-state index < -0.39 is 0 Å². The van der Waals surface area contributed by atoms with Crippen LogP contribution in [0, 0.1) is 17.7 Å². The highest BCUT2D eigenvalue weighted by atomic mass is 32.1. The topological polar surface area (TPSA) is 78.1 Å². The molecule has 36 heavy (non-hydrogen) atoms. The predicted molar refractivity (Wildman–Crippen MR) is 138 cm³/mol. The Labute approximate surface area is 212 Å². The summed E-state index contributed by atoms with van der Waals surface area (Å²) in [6, 6.07) is 14.1.